The fourth-order valence-electron chi connectivity index (χ4n) is 9.34. The molecule has 0 amide bonds. The molecule has 1 aliphatic carbocycles. The Bertz CT molecular complexity index is 3290. The minimum Gasteiger partial charge on any atom is -0.432 e. The number of benzene rings is 7. The number of ether oxygens (including phenoxy) is 4. The molecule has 0 N–H and O–H groups in total. The molecule has 0 saturated heterocycles. The van der Waals surface area contributed by atoms with Gasteiger partial charge in [-0.05, 0) is 144 Å². The van der Waals surface area contributed by atoms with Gasteiger partial charge in [0.15, 0.2) is 0 Å². The van der Waals surface area contributed by atoms with E-state index in [1.807, 2.05) is 6.92 Å². The first-order chi connectivity index (χ1) is 42.3. The summed E-state index contributed by atoms with van der Waals surface area (Å²) in [6.45, 7) is 13.1. The first-order valence-electron chi connectivity index (χ1n) is 29.7. The third kappa shape index (κ3) is 22.5. The summed E-state index contributed by atoms with van der Waals surface area (Å²) in [6.07, 6.45) is -2.63. The van der Waals surface area contributed by atoms with E-state index in [0.29, 0.717) is 18.8 Å². The maximum Gasteiger partial charge on any atom is 0.426 e. The Morgan fingerprint density at radius 3 is 0.868 bits per heavy atom. The first-order valence-corrected chi connectivity index (χ1v) is 29.7. The van der Waals surface area contributed by atoms with Crippen molar-refractivity contribution in [2.75, 3.05) is 0 Å². The van der Waals surface area contributed by atoms with E-state index in [1.54, 1.807) is 36.4 Å². The van der Waals surface area contributed by atoms with E-state index >= 15 is 0 Å². The van der Waals surface area contributed by atoms with Gasteiger partial charge in [0.1, 0.15) is 69.5 Å². The van der Waals surface area contributed by atoms with Gasteiger partial charge in [-0.2, -0.15) is 35.1 Å². The number of halogens is 16. The van der Waals surface area contributed by atoms with Crippen LogP contribution in [0.4, 0.5) is 70.2 Å². The molecule has 7 aromatic carbocycles. The normalized spacial score (nSPS) is 14.1. The molecule has 0 spiro atoms. The fraction of sp³-hybridized carbons (Fsp3) is 0.408. The van der Waals surface area contributed by atoms with Crippen LogP contribution in [-0.2, 0) is 37.6 Å². The number of hydrogen-bond acceptors (Lipinski definition) is 4. The zero-order valence-electron chi connectivity index (χ0n) is 51.3. The fourth-order valence-corrected chi connectivity index (χ4v) is 9.34. The summed E-state index contributed by atoms with van der Waals surface area (Å²) in [5.74, 6) is -9.83. The quantitative estimate of drug-likeness (QED) is 0.0501. The molecular formula is C71H78F16O4. The molecule has 8 rings (SSSR count). The Morgan fingerprint density at radius 2 is 0.604 bits per heavy atom. The maximum absolute atomic E-state index is 14.2. The molecule has 1 saturated carbocycles. The maximum atomic E-state index is 14.2. The monoisotopic (exact) mass is 1300 g/mol. The predicted octanol–water partition coefficient (Wildman–Crippen LogP) is 23.3. The Labute approximate surface area is 522 Å². The van der Waals surface area contributed by atoms with Crippen LogP contribution in [0, 0.1) is 86.1 Å². The van der Waals surface area contributed by atoms with Gasteiger partial charge in [0.2, 0.25) is 0 Å². The van der Waals surface area contributed by atoms with Gasteiger partial charge in [0.25, 0.3) is 0 Å². The second-order valence-electron chi connectivity index (χ2n) is 22.1. The molecule has 0 aromatic heterocycles. The Kier molecular flexibility index (Phi) is 28.7. The van der Waals surface area contributed by atoms with Crippen molar-refractivity contribution in [3.63, 3.8) is 0 Å². The van der Waals surface area contributed by atoms with E-state index in [4.69, 9.17) is 0 Å². The SMILES string of the molecule is C.CCC1CCC(C(F)(F)Oc2cc(F)c(C)c(F)c2)CC1.CCCCCc1ccc(C(F)(F)Oc2cc(F)c(C)c(F)c2)cc1.CCCCc1ccc(C(F)(F)Oc2cc(F)c(C)c(F)c2)cc1.CCCc1ccc(C(F)(F)Oc2cc(F)c(C)c(F)c2)cc1. The summed E-state index contributed by atoms with van der Waals surface area (Å²) in [5.41, 5.74) is 0.872. The van der Waals surface area contributed by atoms with E-state index in [9.17, 15) is 70.2 Å². The summed E-state index contributed by atoms with van der Waals surface area (Å²) in [4.78, 5) is 0. The molecule has 498 valence electrons. The summed E-state index contributed by atoms with van der Waals surface area (Å²) < 4.78 is 238. The average Bonchev–Trinajstić information content (AvgIpc) is 1.02. The largest absolute Gasteiger partial charge is 0.432 e. The van der Waals surface area contributed by atoms with E-state index in [0.717, 1.165) is 142 Å². The Balaban J connectivity index is 0.000000258. The van der Waals surface area contributed by atoms with Gasteiger partial charge in [-0.3, -0.25) is 0 Å². The van der Waals surface area contributed by atoms with Crippen molar-refractivity contribution >= 4 is 0 Å². The smallest absolute Gasteiger partial charge is 0.426 e. The molecule has 0 bridgehead atoms. The highest BCUT2D eigenvalue weighted by Crippen LogP contribution is 2.42. The number of rotatable bonds is 22. The van der Waals surface area contributed by atoms with Gasteiger partial charge in [-0.1, -0.05) is 104 Å². The summed E-state index contributed by atoms with van der Waals surface area (Å²) in [6, 6.07) is 23.4. The van der Waals surface area contributed by atoms with Gasteiger partial charge in [0, 0.05) is 70.8 Å². The van der Waals surface area contributed by atoms with Crippen molar-refractivity contribution in [2.45, 2.75) is 177 Å². The highest BCUT2D eigenvalue weighted by atomic mass is 19.3. The molecule has 0 aliphatic heterocycles. The highest BCUT2D eigenvalue weighted by molar-refractivity contribution is 5.35. The van der Waals surface area contributed by atoms with Crippen molar-refractivity contribution < 1.29 is 89.2 Å². The molecule has 0 radical (unpaired) electrons. The average molecular weight is 1300 g/mol. The van der Waals surface area contributed by atoms with Crippen LogP contribution in [-0.4, -0.2) is 6.11 Å². The Hall–Kier alpha value is -7.38. The summed E-state index contributed by atoms with van der Waals surface area (Å²) in [7, 11) is 0. The molecule has 0 heterocycles. The molecule has 7 aromatic rings. The number of alkyl halides is 8. The van der Waals surface area contributed by atoms with Crippen LogP contribution in [0.2, 0.25) is 0 Å². The molecule has 1 fully saturated rings. The number of unbranched alkanes of at least 4 members (excludes halogenated alkanes) is 3. The van der Waals surface area contributed by atoms with Crippen LogP contribution >= 0.6 is 0 Å². The van der Waals surface area contributed by atoms with Gasteiger partial charge in [-0.25, -0.2) is 35.1 Å². The van der Waals surface area contributed by atoms with Gasteiger partial charge < -0.3 is 18.9 Å². The second-order valence-corrected chi connectivity index (χ2v) is 22.1. The van der Waals surface area contributed by atoms with Crippen molar-refractivity contribution in [3.8, 4) is 23.0 Å². The zero-order chi connectivity index (χ0) is 66.7. The molecule has 0 unspecified atom stereocenters. The minimum atomic E-state index is -3.67. The lowest BCUT2D eigenvalue weighted by atomic mass is 9.80. The van der Waals surface area contributed by atoms with E-state index in [2.05, 4.69) is 39.7 Å². The van der Waals surface area contributed by atoms with Gasteiger partial charge >= 0.3 is 24.4 Å². The summed E-state index contributed by atoms with van der Waals surface area (Å²) in [5, 5.41) is 0. The third-order valence-corrected chi connectivity index (χ3v) is 15.2. The summed E-state index contributed by atoms with van der Waals surface area (Å²) >= 11 is 0. The van der Waals surface area contributed by atoms with Gasteiger partial charge in [0.05, 0.1) is 22.6 Å². The molecule has 1 aliphatic rings. The van der Waals surface area contributed by atoms with Crippen LogP contribution in [0.5, 0.6) is 23.0 Å². The molecule has 91 heavy (non-hydrogen) atoms. The molecule has 20 heteroatoms. The molecular weight excluding hydrogens is 1220 g/mol. The van der Waals surface area contributed by atoms with Crippen LogP contribution < -0.4 is 18.9 Å². The highest BCUT2D eigenvalue weighted by Gasteiger charge is 2.44. The number of hydrogen-bond donors (Lipinski definition) is 0. The lowest BCUT2D eigenvalue weighted by molar-refractivity contribution is -0.223. The lowest BCUT2D eigenvalue weighted by Crippen LogP contribution is -2.37. The van der Waals surface area contributed by atoms with E-state index in [1.165, 1.54) is 64.1 Å². The topological polar surface area (TPSA) is 36.9 Å². The van der Waals surface area contributed by atoms with Crippen molar-refractivity contribution in [1.82, 2.24) is 0 Å². The van der Waals surface area contributed by atoms with E-state index in [-0.39, 0.29) is 46.4 Å². The van der Waals surface area contributed by atoms with Gasteiger partial charge in [-0.15, -0.1) is 0 Å². The van der Waals surface area contributed by atoms with Crippen LogP contribution in [0.25, 0.3) is 0 Å². The standard InChI is InChI=1S/C19H20F4O.C18H18F4O.C17H16F4O.C16H20F4O.CH4/c1-3-4-5-6-14-7-9-15(10-8-14)19(22,23)24-16-11-17(20)13(2)18(21)12-16;1-3-4-5-13-6-8-14(9-7-13)18(21,22)23-15-10-16(19)12(2)17(20)11-15;1-3-4-12-5-7-13(8-6-12)17(20,21)22-14-9-15(18)11(2)16(19)10-14;1-3-11-4-6-12(7-5-11)16(19,20)21-13-8-14(17)10(2)15(18)9-13;/h7-12H,3-6H2,1-2H3;6-11H,3-5H2,1-2H3;5-10H,3-4H2,1-2H3;8-9,11-12H,3-7H2,1-2H3;1H4. The van der Waals surface area contributed by atoms with Crippen molar-refractivity contribution in [3.05, 3.63) is 223 Å². The van der Waals surface area contributed by atoms with Crippen LogP contribution in [0.15, 0.2) is 121 Å². The van der Waals surface area contributed by atoms with Crippen molar-refractivity contribution in [1.29, 1.82) is 0 Å². The predicted molar refractivity (Wildman–Crippen MR) is 321 cm³/mol. The zero-order valence-corrected chi connectivity index (χ0v) is 51.3. The minimum absolute atomic E-state index is 0. The van der Waals surface area contributed by atoms with Crippen LogP contribution in [0.1, 0.15) is 161 Å². The Morgan fingerprint density at radius 1 is 0.341 bits per heavy atom. The molecule has 0 atom stereocenters. The first kappa shape index (κ1) is 76.1. The molecule has 4 nitrogen and oxygen atoms in total. The van der Waals surface area contributed by atoms with Crippen LogP contribution in [0.3, 0.4) is 0 Å². The van der Waals surface area contributed by atoms with Crippen molar-refractivity contribution in [2.24, 2.45) is 11.8 Å². The second kappa shape index (κ2) is 34.3. The lowest BCUT2D eigenvalue weighted by Gasteiger charge is -2.33. The van der Waals surface area contributed by atoms with E-state index < -0.39 is 99.9 Å². The number of aryl methyl sites for hydroxylation is 3. The third-order valence-electron chi connectivity index (χ3n) is 15.2.